The Hall–Kier alpha value is -2.23. The summed E-state index contributed by atoms with van der Waals surface area (Å²) in [6.07, 6.45) is 0.738. The molecule has 0 unspecified atom stereocenters. The fourth-order valence-corrected chi connectivity index (χ4v) is 2.26. The fourth-order valence-electron chi connectivity index (χ4n) is 2.26. The molecule has 140 valence electrons. The Balaban J connectivity index is 0.00000338. The molecule has 0 fully saturated rings. The number of nitrogens with one attached hydrogen (secondary N) is 2. The summed E-state index contributed by atoms with van der Waals surface area (Å²) in [5.74, 6) is 0.389. The summed E-state index contributed by atoms with van der Waals surface area (Å²) in [7, 11) is 0. The van der Waals surface area contributed by atoms with Crippen LogP contribution in [-0.4, -0.2) is 24.0 Å². The first-order chi connectivity index (χ1) is 12.1. The molecule has 26 heavy (non-hydrogen) atoms. The van der Waals surface area contributed by atoms with Gasteiger partial charge in [0, 0.05) is 25.2 Å². The number of halogens is 2. The molecule has 0 aliphatic heterocycles. The Kier molecular flexibility index (Phi) is 9.56. The first-order valence-corrected chi connectivity index (χ1v) is 8.08. The van der Waals surface area contributed by atoms with E-state index in [1.807, 2.05) is 6.92 Å². The minimum atomic E-state index is -0.417. The van der Waals surface area contributed by atoms with E-state index in [0.29, 0.717) is 25.6 Å². The van der Waals surface area contributed by atoms with Gasteiger partial charge in [-0.05, 0) is 36.6 Å². The smallest absolute Gasteiger partial charge is 0.269 e. The molecule has 0 heterocycles. The molecule has 0 radical (unpaired) electrons. The van der Waals surface area contributed by atoms with E-state index in [2.05, 4.69) is 15.6 Å². The van der Waals surface area contributed by atoms with Crippen molar-refractivity contribution >= 4 is 35.6 Å². The second kappa shape index (κ2) is 11.4. The molecule has 6 nitrogen and oxygen atoms in total. The summed E-state index contributed by atoms with van der Waals surface area (Å²) in [5, 5.41) is 17.1. The van der Waals surface area contributed by atoms with E-state index in [0.717, 1.165) is 17.5 Å². The number of rotatable bonds is 7. The third-order valence-electron chi connectivity index (χ3n) is 3.50. The monoisotopic (exact) mass is 472 g/mol. The Bertz CT molecular complexity index is 738. The van der Waals surface area contributed by atoms with Crippen LogP contribution in [0.15, 0.2) is 53.5 Å². The normalized spacial score (nSPS) is 10.8. The van der Waals surface area contributed by atoms with Crippen molar-refractivity contribution in [1.82, 2.24) is 10.6 Å². The molecule has 2 aromatic rings. The molecule has 0 saturated heterocycles. The maximum absolute atomic E-state index is 12.9. The predicted molar refractivity (Wildman–Crippen MR) is 111 cm³/mol. The van der Waals surface area contributed by atoms with Crippen molar-refractivity contribution in [3.8, 4) is 0 Å². The zero-order valence-electron chi connectivity index (χ0n) is 14.4. The lowest BCUT2D eigenvalue weighted by Gasteiger charge is -2.11. The Labute approximate surface area is 169 Å². The Morgan fingerprint density at radius 3 is 2.54 bits per heavy atom. The Morgan fingerprint density at radius 2 is 1.88 bits per heavy atom. The van der Waals surface area contributed by atoms with Crippen molar-refractivity contribution < 1.29 is 9.31 Å². The number of guanidine groups is 1. The third-order valence-corrected chi connectivity index (χ3v) is 3.50. The zero-order chi connectivity index (χ0) is 18.1. The molecular formula is C18H22FIN4O2. The van der Waals surface area contributed by atoms with Crippen LogP contribution in [0.4, 0.5) is 10.1 Å². The maximum Gasteiger partial charge on any atom is 0.269 e. The number of hydrogen-bond donors (Lipinski definition) is 2. The highest BCUT2D eigenvalue weighted by Crippen LogP contribution is 2.13. The lowest BCUT2D eigenvalue weighted by atomic mass is 10.1. The number of hydrogen-bond acceptors (Lipinski definition) is 3. The van der Waals surface area contributed by atoms with Gasteiger partial charge in [0.15, 0.2) is 5.96 Å². The maximum atomic E-state index is 12.9. The number of non-ortho nitro benzene ring substituents is 1. The number of nitro benzene ring substituents is 1. The van der Waals surface area contributed by atoms with Gasteiger partial charge in [-0.25, -0.2) is 9.38 Å². The summed E-state index contributed by atoms with van der Waals surface area (Å²) >= 11 is 0. The van der Waals surface area contributed by atoms with Crippen molar-refractivity contribution in [3.63, 3.8) is 0 Å². The number of nitro groups is 1. The van der Waals surface area contributed by atoms with Crippen LogP contribution < -0.4 is 10.6 Å². The second-order valence-corrected chi connectivity index (χ2v) is 5.43. The molecule has 0 spiro atoms. The van der Waals surface area contributed by atoms with Crippen LogP contribution >= 0.6 is 24.0 Å². The van der Waals surface area contributed by atoms with Gasteiger partial charge in [-0.1, -0.05) is 24.3 Å². The van der Waals surface area contributed by atoms with Crippen LogP contribution in [0.5, 0.6) is 0 Å². The molecule has 0 aliphatic rings. The average Bonchev–Trinajstić information content (AvgIpc) is 2.61. The summed E-state index contributed by atoms with van der Waals surface area (Å²) in [6.45, 7) is 3.65. The molecular weight excluding hydrogens is 450 g/mol. The van der Waals surface area contributed by atoms with Crippen LogP contribution in [-0.2, 0) is 13.0 Å². The van der Waals surface area contributed by atoms with Crippen molar-refractivity contribution in [2.75, 3.05) is 13.1 Å². The van der Waals surface area contributed by atoms with Gasteiger partial charge in [0.2, 0.25) is 0 Å². The van der Waals surface area contributed by atoms with E-state index in [1.54, 1.807) is 24.3 Å². The highest BCUT2D eigenvalue weighted by atomic mass is 127. The van der Waals surface area contributed by atoms with E-state index in [-0.39, 0.29) is 35.5 Å². The highest BCUT2D eigenvalue weighted by molar-refractivity contribution is 14.0. The van der Waals surface area contributed by atoms with Gasteiger partial charge >= 0.3 is 0 Å². The molecule has 0 amide bonds. The molecule has 0 atom stereocenters. The molecule has 2 N–H and O–H groups in total. The number of benzene rings is 2. The van der Waals surface area contributed by atoms with Gasteiger partial charge in [-0.3, -0.25) is 10.1 Å². The van der Waals surface area contributed by atoms with Crippen LogP contribution in [0.1, 0.15) is 18.1 Å². The molecule has 2 rings (SSSR count). The molecule has 8 heteroatoms. The van der Waals surface area contributed by atoms with E-state index in [4.69, 9.17) is 0 Å². The highest BCUT2D eigenvalue weighted by Gasteiger charge is 2.05. The van der Waals surface area contributed by atoms with Crippen molar-refractivity contribution in [3.05, 3.63) is 75.6 Å². The summed E-state index contributed by atoms with van der Waals surface area (Å²) in [4.78, 5) is 14.8. The van der Waals surface area contributed by atoms with Gasteiger partial charge in [0.05, 0.1) is 11.5 Å². The van der Waals surface area contributed by atoms with E-state index < -0.39 is 4.92 Å². The van der Waals surface area contributed by atoms with Crippen molar-refractivity contribution in [2.45, 2.75) is 19.9 Å². The van der Waals surface area contributed by atoms with Crippen LogP contribution in [0, 0.1) is 15.9 Å². The van der Waals surface area contributed by atoms with Gasteiger partial charge in [0.1, 0.15) is 5.82 Å². The topological polar surface area (TPSA) is 79.6 Å². The van der Waals surface area contributed by atoms with Crippen molar-refractivity contribution in [2.24, 2.45) is 4.99 Å². The first-order valence-electron chi connectivity index (χ1n) is 8.08. The van der Waals surface area contributed by atoms with Gasteiger partial charge in [-0.15, -0.1) is 24.0 Å². The lowest BCUT2D eigenvalue weighted by Crippen LogP contribution is -2.38. The minimum Gasteiger partial charge on any atom is -0.357 e. The number of nitrogens with zero attached hydrogens (tertiary/aromatic N) is 2. The SMILES string of the molecule is CCNC(=NCc1cccc([N+](=O)[O-])c1)NCCc1ccc(F)cc1.I. The number of aliphatic imine (C=N–C) groups is 1. The zero-order valence-corrected chi connectivity index (χ0v) is 16.8. The van der Waals surface area contributed by atoms with E-state index in [9.17, 15) is 14.5 Å². The van der Waals surface area contributed by atoms with Crippen LogP contribution in [0.2, 0.25) is 0 Å². The second-order valence-electron chi connectivity index (χ2n) is 5.43. The van der Waals surface area contributed by atoms with Gasteiger partial charge < -0.3 is 10.6 Å². The molecule has 0 bridgehead atoms. The quantitative estimate of drug-likeness (QED) is 0.212. The van der Waals surface area contributed by atoms with Crippen molar-refractivity contribution in [1.29, 1.82) is 0 Å². The average molecular weight is 472 g/mol. The first kappa shape index (κ1) is 21.8. The standard InChI is InChI=1S/C18H21FN4O2.HI/c1-2-20-18(21-11-10-14-6-8-16(19)9-7-14)22-13-15-4-3-5-17(12-15)23(24)25;/h3-9,12H,2,10-11,13H2,1H3,(H2,20,21,22);1H. The third kappa shape index (κ3) is 7.34. The van der Waals surface area contributed by atoms with E-state index >= 15 is 0 Å². The predicted octanol–water partition coefficient (Wildman–Crippen LogP) is 3.65. The van der Waals surface area contributed by atoms with Gasteiger partial charge in [-0.2, -0.15) is 0 Å². The molecule has 0 aromatic heterocycles. The van der Waals surface area contributed by atoms with Gasteiger partial charge in [0.25, 0.3) is 5.69 Å². The lowest BCUT2D eigenvalue weighted by molar-refractivity contribution is -0.384. The molecule has 0 saturated carbocycles. The molecule has 2 aromatic carbocycles. The largest absolute Gasteiger partial charge is 0.357 e. The van der Waals surface area contributed by atoms with Crippen LogP contribution in [0.3, 0.4) is 0 Å². The summed E-state index contributed by atoms with van der Waals surface area (Å²) in [5.41, 5.74) is 1.86. The summed E-state index contributed by atoms with van der Waals surface area (Å²) < 4.78 is 12.9. The fraction of sp³-hybridized carbons (Fsp3) is 0.278. The summed E-state index contributed by atoms with van der Waals surface area (Å²) in [6, 6.07) is 12.8. The molecule has 0 aliphatic carbocycles. The minimum absolute atomic E-state index is 0. The van der Waals surface area contributed by atoms with Crippen LogP contribution in [0.25, 0.3) is 0 Å². The van der Waals surface area contributed by atoms with E-state index in [1.165, 1.54) is 24.3 Å². The Morgan fingerprint density at radius 1 is 1.15 bits per heavy atom.